The van der Waals surface area contributed by atoms with Crippen LogP contribution in [0.15, 0.2) is 23.8 Å². The fourth-order valence-electron chi connectivity index (χ4n) is 6.08. The molecule has 0 radical (unpaired) electrons. The monoisotopic (exact) mass is 686 g/mol. The number of aromatic nitrogens is 8. The SMILES string of the molecule is COC1C2OP(=O)(O)OCC3CC(n4cnc5c(N)ncnc54)C(O)C3OP(=O)(O)OCC2OC1n1cnc2c(=O)[nH]c(N)nc21. The maximum Gasteiger partial charge on any atom is 0.472 e. The number of nitrogens with zero attached hydrogens (tertiary/aromatic N) is 7. The van der Waals surface area contributed by atoms with Crippen LogP contribution >= 0.6 is 15.6 Å². The van der Waals surface area contributed by atoms with Gasteiger partial charge in [0.05, 0.1) is 31.9 Å². The number of phosphoric acid groups is 2. The summed E-state index contributed by atoms with van der Waals surface area (Å²) in [4.78, 5) is 56.6. The van der Waals surface area contributed by atoms with Gasteiger partial charge in [0.25, 0.3) is 5.56 Å². The van der Waals surface area contributed by atoms with E-state index in [-0.39, 0.29) is 40.5 Å². The van der Waals surface area contributed by atoms with E-state index < -0.39 is 83.1 Å². The highest BCUT2D eigenvalue weighted by Gasteiger charge is 2.54. The zero-order valence-corrected chi connectivity index (χ0v) is 25.5. The molecule has 10 atom stereocenters. The van der Waals surface area contributed by atoms with E-state index in [1.165, 1.54) is 35.2 Å². The predicted molar refractivity (Wildman–Crippen MR) is 151 cm³/mol. The molecule has 0 aromatic carbocycles. The number of anilines is 2. The van der Waals surface area contributed by atoms with E-state index in [0.29, 0.717) is 0 Å². The minimum atomic E-state index is -4.93. The summed E-state index contributed by atoms with van der Waals surface area (Å²) in [7, 11) is -8.58. The third kappa shape index (κ3) is 5.40. The number of hydrogen-bond donors (Lipinski definition) is 6. The van der Waals surface area contributed by atoms with Crippen LogP contribution < -0.4 is 17.0 Å². The van der Waals surface area contributed by atoms with Crippen LogP contribution in [0.2, 0.25) is 0 Å². The van der Waals surface area contributed by atoms with Crippen molar-refractivity contribution in [2.45, 2.75) is 49.2 Å². The molecule has 4 aromatic heterocycles. The lowest BCUT2D eigenvalue weighted by Gasteiger charge is -2.29. The first kappa shape index (κ1) is 31.2. The fourth-order valence-corrected chi connectivity index (χ4v) is 8.09. The molecule has 3 fully saturated rings. The highest BCUT2D eigenvalue weighted by atomic mass is 31.2. The number of fused-ring (bicyclic) bond motifs is 4. The largest absolute Gasteiger partial charge is 0.472 e. The molecule has 2 aliphatic heterocycles. The van der Waals surface area contributed by atoms with Crippen LogP contribution in [0.3, 0.4) is 0 Å². The second kappa shape index (κ2) is 11.4. The van der Waals surface area contributed by atoms with E-state index >= 15 is 0 Å². The van der Waals surface area contributed by atoms with Gasteiger partial charge in [-0.2, -0.15) is 4.98 Å². The summed E-state index contributed by atoms with van der Waals surface area (Å²) >= 11 is 0. The van der Waals surface area contributed by atoms with Gasteiger partial charge >= 0.3 is 15.6 Å². The minimum absolute atomic E-state index is 0.00214. The van der Waals surface area contributed by atoms with Gasteiger partial charge in [-0.15, -0.1) is 0 Å². The second-order valence-corrected chi connectivity index (χ2v) is 13.7. The number of aliphatic hydroxyl groups excluding tert-OH is 1. The molecule has 2 saturated heterocycles. The van der Waals surface area contributed by atoms with Crippen LogP contribution in [0.4, 0.5) is 11.8 Å². The summed E-state index contributed by atoms with van der Waals surface area (Å²) in [6.45, 7) is -1.26. The standard InChI is InChI=1S/C22H28N10O12P2/c1-39-16-15-10(42-21(16)32-7-28-12-19(32)29-22(24)30-20(12)34)4-41-46(37,38)43-14-8(3-40-45(35,36)44-15)2-9(13(14)33)31-6-27-11-17(23)25-5-26-18(11)31/h5-10,13-16,21,33H,2-4H2,1H3,(H,35,36)(H,37,38)(H2,23,25,26)(H3,24,29,30,34). The van der Waals surface area contributed by atoms with Crippen LogP contribution in [0.5, 0.6) is 0 Å². The molecule has 0 bridgehead atoms. The quantitative estimate of drug-likeness (QED) is 0.140. The topological polar surface area (TPSA) is 309 Å². The number of rotatable bonds is 3. The Kier molecular flexibility index (Phi) is 7.73. The summed E-state index contributed by atoms with van der Waals surface area (Å²) in [6, 6.07) is -0.830. The molecule has 46 heavy (non-hydrogen) atoms. The first-order chi connectivity index (χ1) is 21.9. The van der Waals surface area contributed by atoms with Crippen LogP contribution in [0.1, 0.15) is 18.7 Å². The van der Waals surface area contributed by atoms with E-state index in [9.17, 15) is 28.8 Å². The van der Waals surface area contributed by atoms with Crippen LogP contribution in [0, 0.1) is 5.92 Å². The minimum Gasteiger partial charge on any atom is -0.388 e. The number of methoxy groups -OCH3 is 1. The molecule has 24 heteroatoms. The summed E-state index contributed by atoms with van der Waals surface area (Å²) < 4.78 is 62.5. The molecule has 22 nitrogen and oxygen atoms in total. The molecule has 7 rings (SSSR count). The highest BCUT2D eigenvalue weighted by Crippen LogP contribution is 2.55. The Morgan fingerprint density at radius 1 is 0.978 bits per heavy atom. The molecule has 1 aliphatic carbocycles. The predicted octanol–water partition coefficient (Wildman–Crippen LogP) is -1.02. The number of nitrogen functional groups attached to an aromatic ring is 2. The van der Waals surface area contributed by atoms with E-state index in [2.05, 4.69) is 29.9 Å². The molecular weight excluding hydrogens is 658 g/mol. The van der Waals surface area contributed by atoms with Gasteiger partial charge < -0.3 is 40.4 Å². The Hall–Kier alpha value is -3.40. The number of nitrogens with one attached hydrogen (secondary N) is 1. The molecule has 6 heterocycles. The zero-order valence-electron chi connectivity index (χ0n) is 23.7. The molecule has 10 unspecified atom stereocenters. The number of nitrogens with two attached hydrogens (primary N) is 2. The third-order valence-corrected chi connectivity index (χ3v) is 10.1. The van der Waals surface area contributed by atoms with E-state index in [0.717, 1.165) is 0 Å². The highest BCUT2D eigenvalue weighted by molar-refractivity contribution is 7.47. The molecule has 4 aromatic rings. The second-order valence-electron chi connectivity index (χ2n) is 10.8. The van der Waals surface area contributed by atoms with Gasteiger partial charge in [-0.3, -0.25) is 32.4 Å². The first-order valence-corrected chi connectivity index (χ1v) is 16.7. The summed E-state index contributed by atoms with van der Waals surface area (Å²) in [5.41, 5.74) is 11.4. The number of aliphatic hydroxyl groups is 1. The maximum absolute atomic E-state index is 13.3. The van der Waals surface area contributed by atoms with Crippen molar-refractivity contribution >= 4 is 49.7 Å². The molecule has 8 N–H and O–H groups in total. The number of phosphoric ester groups is 2. The van der Waals surface area contributed by atoms with Crippen LogP contribution in [-0.2, 0) is 36.7 Å². The van der Waals surface area contributed by atoms with E-state index in [1.807, 2.05) is 0 Å². The van der Waals surface area contributed by atoms with Crippen molar-refractivity contribution in [1.82, 2.24) is 39.0 Å². The fraction of sp³-hybridized carbons (Fsp3) is 0.545. The number of ether oxygens (including phenoxy) is 2. The number of hydrogen-bond acceptors (Lipinski definition) is 17. The van der Waals surface area contributed by atoms with Gasteiger partial charge in [0.1, 0.15) is 42.4 Å². The Bertz CT molecular complexity index is 1950. The lowest BCUT2D eigenvalue weighted by atomic mass is 10.1. The van der Waals surface area contributed by atoms with Gasteiger partial charge in [0.15, 0.2) is 28.9 Å². The van der Waals surface area contributed by atoms with Crippen molar-refractivity contribution in [2.24, 2.45) is 5.92 Å². The van der Waals surface area contributed by atoms with Gasteiger partial charge in [-0.1, -0.05) is 0 Å². The number of H-pyrrole nitrogens is 1. The van der Waals surface area contributed by atoms with Crippen molar-refractivity contribution in [3.63, 3.8) is 0 Å². The Balaban J connectivity index is 1.18. The lowest BCUT2D eigenvalue weighted by molar-refractivity contribution is -0.0632. The van der Waals surface area contributed by atoms with Crippen molar-refractivity contribution in [2.75, 3.05) is 31.8 Å². The maximum atomic E-state index is 13.3. The third-order valence-electron chi connectivity index (χ3n) is 8.13. The number of imidazole rings is 2. The van der Waals surface area contributed by atoms with Gasteiger partial charge in [0, 0.05) is 13.0 Å². The molecular formula is C22H28N10O12P2. The van der Waals surface area contributed by atoms with Crippen molar-refractivity contribution in [1.29, 1.82) is 0 Å². The normalized spacial score (nSPS) is 37.1. The number of aromatic amines is 1. The van der Waals surface area contributed by atoms with Gasteiger partial charge in [0.2, 0.25) is 5.95 Å². The van der Waals surface area contributed by atoms with Gasteiger partial charge in [-0.25, -0.2) is 29.1 Å². The Morgan fingerprint density at radius 3 is 2.43 bits per heavy atom. The van der Waals surface area contributed by atoms with E-state index in [4.69, 9.17) is 39.0 Å². The first-order valence-electron chi connectivity index (χ1n) is 13.7. The summed E-state index contributed by atoms with van der Waals surface area (Å²) in [5.74, 6) is -1.02. The smallest absolute Gasteiger partial charge is 0.388 e. The van der Waals surface area contributed by atoms with Crippen molar-refractivity contribution in [3.05, 3.63) is 29.3 Å². The average Bonchev–Trinajstić information content (AvgIpc) is 3.75. The summed E-state index contributed by atoms with van der Waals surface area (Å²) in [6.07, 6.45) is -4.18. The molecule has 1 saturated carbocycles. The van der Waals surface area contributed by atoms with Crippen molar-refractivity contribution < 1.29 is 51.6 Å². The van der Waals surface area contributed by atoms with Crippen molar-refractivity contribution in [3.8, 4) is 0 Å². The summed E-state index contributed by atoms with van der Waals surface area (Å²) in [5, 5.41) is 11.3. The zero-order chi connectivity index (χ0) is 32.5. The van der Waals surface area contributed by atoms with Gasteiger partial charge in [-0.05, 0) is 6.42 Å². The molecule has 0 spiro atoms. The Morgan fingerprint density at radius 2 is 1.67 bits per heavy atom. The van der Waals surface area contributed by atoms with E-state index in [1.54, 1.807) is 0 Å². The van der Waals surface area contributed by atoms with Crippen LogP contribution in [-0.4, -0.2) is 105 Å². The molecule has 3 aliphatic rings. The molecule has 248 valence electrons. The Labute approximate surface area is 256 Å². The lowest BCUT2D eigenvalue weighted by Crippen LogP contribution is -2.38. The average molecular weight is 686 g/mol. The van der Waals surface area contributed by atoms with Crippen LogP contribution in [0.25, 0.3) is 22.3 Å². The molecule has 0 amide bonds.